The highest BCUT2D eigenvalue weighted by Crippen LogP contribution is 2.38. The summed E-state index contributed by atoms with van der Waals surface area (Å²) in [7, 11) is -3.54. The van der Waals surface area contributed by atoms with Gasteiger partial charge in [0.15, 0.2) is 5.82 Å². The summed E-state index contributed by atoms with van der Waals surface area (Å²) in [4.78, 5) is 2.37. The molecule has 138 valence electrons. The number of sulfonamides is 1. The van der Waals surface area contributed by atoms with E-state index in [1.165, 1.54) is 17.1 Å². The van der Waals surface area contributed by atoms with Crippen LogP contribution in [0.15, 0.2) is 35.2 Å². The van der Waals surface area contributed by atoms with E-state index in [1.807, 2.05) is 12.1 Å². The molecule has 0 bridgehead atoms. The Kier molecular flexibility index (Phi) is 4.62. The van der Waals surface area contributed by atoms with Crippen LogP contribution in [0, 0.1) is 6.92 Å². The highest BCUT2D eigenvalue weighted by molar-refractivity contribution is 7.89. The molecule has 6 nitrogen and oxygen atoms in total. The van der Waals surface area contributed by atoms with E-state index in [0.717, 1.165) is 11.5 Å². The average molecular weight is 393 g/mol. The molecular weight excluding hydrogens is 372 g/mol. The van der Waals surface area contributed by atoms with Gasteiger partial charge in [-0.3, -0.25) is 0 Å². The van der Waals surface area contributed by atoms with Crippen molar-refractivity contribution in [1.82, 2.24) is 14.5 Å². The Labute approximate surface area is 158 Å². The SMILES string of the molecule is Cc1c(Cl)cccc1S(=O)(=O)N1CCN(c2ccc(C3CC3)nn2)CC1. The fraction of sp³-hybridized carbons (Fsp3) is 0.444. The van der Waals surface area contributed by atoms with E-state index in [-0.39, 0.29) is 4.90 Å². The van der Waals surface area contributed by atoms with Crippen LogP contribution in [0.2, 0.25) is 5.02 Å². The van der Waals surface area contributed by atoms with Crippen molar-refractivity contribution in [3.05, 3.63) is 46.6 Å². The lowest BCUT2D eigenvalue weighted by atomic mass is 10.2. The molecule has 0 spiro atoms. The van der Waals surface area contributed by atoms with Gasteiger partial charge in [-0.1, -0.05) is 17.7 Å². The number of benzene rings is 1. The van der Waals surface area contributed by atoms with Crippen LogP contribution in [0.4, 0.5) is 5.82 Å². The van der Waals surface area contributed by atoms with Crippen LogP contribution in [-0.2, 0) is 10.0 Å². The van der Waals surface area contributed by atoms with E-state index in [1.54, 1.807) is 25.1 Å². The minimum atomic E-state index is -3.54. The summed E-state index contributed by atoms with van der Waals surface area (Å²) in [6.45, 7) is 3.76. The zero-order valence-corrected chi connectivity index (χ0v) is 16.2. The molecule has 1 saturated heterocycles. The molecule has 1 aliphatic carbocycles. The maximum absolute atomic E-state index is 13.0. The molecule has 26 heavy (non-hydrogen) atoms. The molecule has 0 N–H and O–H groups in total. The fourth-order valence-corrected chi connectivity index (χ4v) is 5.16. The van der Waals surface area contributed by atoms with Gasteiger partial charge >= 0.3 is 0 Å². The lowest BCUT2D eigenvalue weighted by molar-refractivity contribution is 0.383. The van der Waals surface area contributed by atoms with Crippen LogP contribution in [0.25, 0.3) is 0 Å². The van der Waals surface area contributed by atoms with Gasteiger partial charge in [-0.15, -0.1) is 5.10 Å². The number of halogens is 1. The lowest BCUT2D eigenvalue weighted by Crippen LogP contribution is -2.49. The van der Waals surface area contributed by atoms with E-state index in [2.05, 4.69) is 15.1 Å². The van der Waals surface area contributed by atoms with Crippen molar-refractivity contribution in [1.29, 1.82) is 0 Å². The molecule has 1 aromatic carbocycles. The topological polar surface area (TPSA) is 66.4 Å². The Morgan fingerprint density at radius 3 is 2.38 bits per heavy atom. The molecule has 0 amide bonds. The summed E-state index contributed by atoms with van der Waals surface area (Å²) < 4.78 is 27.4. The minimum Gasteiger partial charge on any atom is -0.352 e. The molecule has 0 radical (unpaired) electrons. The number of nitrogens with zero attached hydrogens (tertiary/aromatic N) is 4. The summed E-state index contributed by atoms with van der Waals surface area (Å²) in [6, 6.07) is 9.03. The van der Waals surface area contributed by atoms with E-state index < -0.39 is 10.0 Å². The zero-order chi connectivity index (χ0) is 18.3. The largest absolute Gasteiger partial charge is 0.352 e. The summed E-state index contributed by atoms with van der Waals surface area (Å²) in [5.74, 6) is 1.39. The van der Waals surface area contributed by atoms with Crippen molar-refractivity contribution in [3.63, 3.8) is 0 Å². The molecule has 2 heterocycles. The Morgan fingerprint density at radius 1 is 1.04 bits per heavy atom. The van der Waals surface area contributed by atoms with Gasteiger partial charge in [0.2, 0.25) is 10.0 Å². The smallest absolute Gasteiger partial charge is 0.243 e. The normalized spacial score (nSPS) is 18.9. The first-order chi connectivity index (χ1) is 12.5. The third kappa shape index (κ3) is 3.31. The van der Waals surface area contributed by atoms with Crippen molar-refractivity contribution < 1.29 is 8.42 Å². The minimum absolute atomic E-state index is 0.284. The quantitative estimate of drug-likeness (QED) is 0.800. The second-order valence-electron chi connectivity index (χ2n) is 6.84. The van der Waals surface area contributed by atoms with E-state index >= 15 is 0 Å². The second kappa shape index (κ2) is 6.79. The Bertz CT molecular complexity index is 905. The van der Waals surface area contributed by atoms with Gasteiger partial charge in [-0.05, 0) is 49.6 Å². The standard InChI is InChI=1S/C18H21ClN4O2S/c1-13-15(19)3-2-4-17(13)26(24,25)23-11-9-22(10-12-23)18-8-7-16(20-21-18)14-5-6-14/h2-4,7-8,14H,5-6,9-12H2,1H3. The molecule has 2 fully saturated rings. The van der Waals surface area contributed by atoms with Gasteiger partial charge in [0, 0.05) is 37.1 Å². The van der Waals surface area contributed by atoms with Gasteiger partial charge in [0.25, 0.3) is 0 Å². The molecule has 0 atom stereocenters. The Morgan fingerprint density at radius 2 is 1.77 bits per heavy atom. The van der Waals surface area contributed by atoms with Crippen LogP contribution >= 0.6 is 11.6 Å². The number of rotatable bonds is 4. The average Bonchev–Trinajstić information content (AvgIpc) is 3.49. The van der Waals surface area contributed by atoms with Crippen LogP contribution in [0.1, 0.15) is 30.0 Å². The predicted octanol–water partition coefficient (Wildman–Crippen LogP) is 2.83. The molecule has 4 rings (SSSR count). The van der Waals surface area contributed by atoms with Crippen molar-refractivity contribution in [2.75, 3.05) is 31.1 Å². The number of piperazine rings is 1. The maximum Gasteiger partial charge on any atom is 0.243 e. The van der Waals surface area contributed by atoms with Crippen LogP contribution < -0.4 is 4.90 Å². The zero-order valence-electron chi connectivity index (χ0n) is 14.6. The highest BCUT2D eigenvalue weighted by atomic mass is 35.5. The molecular formula is C18H21ClN4O2S. The third-order valence-corrected chi connectivity index (χ3v) is 7.52. The summed E-state index contributed by atoms with van der Waals surface area (Å²) >= 11 is 6.09. The summed E-state index contributed by atoms with van der Waals surface area (Å²) in [5.41, 5.74) is 1.66. The maximum atomic E-state index is 13.0. The van der Waals surface area contributed by atoms with Gasteiger partial charge in [0.05, 0.1) is 10.6 Å². The molecule has 8 heteroatoms. The predicted molar refractivity (Wildman–Crippen MR) is 101 cm³/mol. The van der Waals surface area contributed by atoms with Crippen molar-refractivity contribution in [2.45, 2.75) is 30.6 Å². The second-order valence-corrected chi connectivity index (χ2v) is 9.16. The first-order valence-electron chi connectivity index (χ1n) is 8.80. The molecule has 1 aromatic heterocycles. The molecule has 2 aliphatic rings. The molecule has 0 unspecified atom stereocenters. The number of hydrogen-bond donors (Lipinski definition) is 0. The van der Waals surface area contributed by atoms with E-state index in [9.17, 15) is 8.42 Å². The molecule has 1 aliphatic heterocycles. The molecule has 2 aromatic rings. The van der Waals surface area contributed by atoms with Gasteiger partial charge in [-0.2, -0.15) is 9.40 Å². The highest BCUT2D eigenvalue weighted by Gasteiger charge is 2.31. The number of hydrogen-bond acceptors (Lipinski definition) is 5. The van der Waals surface area contributed by atoms with Crippen molar-refractivity contribution >= 4 is 27.4 Å². The first kappa shape index (κ1) is 17.7. The molecule has 1 saturated carbocycles. The number of anilines is 1. The summed E-state index contributed by atoms with van der Waals surface area (Å²) in [5, 5.41) is 9.11. The van der Waals surface area contributed by atoms with Crippen molar-refractivity contribution in [3.8, 4) is 0 Å². The van der Waals surface area contributed by atoms with E-state index in [0.29, 0.717) is 42.7 Å². The van der Waals surface area contributed by atoms with Crippen molar-refractivity contribution in [2.24, 2.45) is 0 Å². The number of aromatic nitrogens is 2. The third-order valence-electron chi connectivity index (χ3n) is 5.07. The first-order valence-corrected chi connectivity index (χ1v) is 10.6. The van der Waals surface area contributed by atoms with Crippen LogP contribution in [-0.4, -0.2) is 49.1 Å². The summed E-state index contributed by atoms with van der Waals surface area (Å²) in [6.07, 6.45) is 2.40. The Balaban J connectivity index is 1.46. The van der Waals surface area contributed by atoms with Gasteiger partial charge < -0.3 is 4.90 Å². The fourth-order valence-electron chi connectivity index (χ4n) is 3.26. The van der Waals surface area contributed by atoms with E-state index in [4.69, 9.17) is 11.6 Å². The Hall–Kier alpha value is -1.70. The monoisotopic (exact) mass is 392 g/mol. The van der Waals surface area contributed by atoms with Gasteiger partial charge in [0.1, 0.15) is 0 Å². The van der Waals surface area contributed by atoms with Crippen LogP contribution in [0.3, 0.4) is 0 Å². The van der Waals surface area contributed by atoms with Crippen LogP contribution in [0.5, 0.6) is 0 Å². The van der Waals surface area contributed by atoms with Gasteiger partial charge in [-0.25, -0.2) is 8.42 Å². The lowest BCUT2D eigenvalue weighted by Gasteiger charge is -2.34.